The van der Waals surface area contributed by atoms with Gasteiger partial charge >= 0.3 is 5.97 Å². The van der Waals surface area contributed by atoms with E-state index < -0.39 is 96.0 Å². The maximum Gasteiger partial charge on any atom is 0.316 e. The highest BCUT2D eigenvalue weighted by Gasteiger charge is 2.53. The molecule has 3 aliphatic heterocycles. The molecular formula is C42H53NO15. The van der Waals surface area contributed by atoms with Crippen LogP contribution in [0.1, 0.15) is 115 Å². The number of carbonyl (C=O) groups excluding carboxylic acids is 4. The van der Waals surface area contributed by atoms with Gasteiger partial charge in [-0.25, -0.2) is 0 Å². The summed E-state index contributed by atoms with van der Waals surface area (Å²) in [5.74, 6) is -4.81. The first-order chi connectivity index (χ1) is 27.5. The second-order valence-corrected chi connectivity index (χ2v) is 16.4. The van der Waals surface area contributed by atoms with Crippen LogP contribution in [0.2, 0.25) is 0 Å². The summed E-state index contributed by atoms with van der Waals surface area (Å²) in [6, 6.07) is 5.11. The molecule has 0 radical (unpaired) electrons. The molecule has 3 saturated heterocycles. The Morgan fingerprint density at radius 3 is 2.21 bits per heavy atom. The number of phenolic OH excluding ortho intramolecular Hbond substituents is 2. The number of fused-ring (bicyclic) bond motifs is 3. The molecule has 2 aromatic carbocycles. The first-order valence-corrected chi connectivity index (χ1v) is 19.8. The van der Waals surface area contributed by atoms with Crippen LogP contribution in [0.4, 0.5) is 0 Å². The van der Waals surface area contributed by atoms with Crippen molar-refractivity contribution in [2.75, 3.05) is 27.8 Å². The average molecular weight is 812 g/mol. The standard InChI is InChI=1S/C42H53NO15/c1-8-42(51)16-28(33-22(35(42)41(50)52-7)13-23-34(38(33)49)37(48)32-21(36(23)47)10-9-11-25(32)44)56-30-14-24(43(5)6)39(19(3)54-30)58-31-15-26(45)40(20(4)55-31)57-29-12-18(2)27(46)17-53-29/h9-11,13,18-20,24,26,28-31,35,39-40,44-45,49,51H,8,12,14-17H2,1-7H3/t18?,19?,20?,24?,26?,28-,29?,30?,31?,35-,39?,40?,42+/m0/s1. The third-order valence-electron chi connectivity index (χ3n) is 12.5. The van der Waals surface area contributed by atoms with Crippen molar-refractivity contribution in [1.82, 2.24) is 4.90 Å². The maximum atomic E-state index is 13.9. The number of ether oxygens (including phenoxy) is 7. The molecule has 0 amide bonds. The number of methoxy groups -OCH3 is 1. The number of Topliss-reactive ketones (excluding diaryl/α,β-unsaturated/α-hetero) is 1. The van der Waals surface area contributed by atoms with Crippen LogP contribution in [0, 0.1) is 5.92 Å². The van der Waals surface area contributed by atoms with Gasteiger partial charge in [-0.2, -0.15) is 0 Å². The molecule has 0 bridgehead atoms. The molecule has 0 saturated carbocycles. The van der Waals surface area contributed by atoms with E-state index in [2.05, 4.69) is 0 Å². The van der Waals surface area contributed by atoms with Crippen LogP contribution in [0.5, 0.6) is 11.5 Å². The number of benzene rings is 2. The summed E-state index contributed by atoms with van der Waals surface area (Å²) in [4.78, 5) is 55.0. The molecule has 3 fully saturated rings. The van der Waals surface area contributed by atoms with Crippen LogP contribution in [-0.2, 0) is 42.7 Å². The lowest BCUT2D eigenvalue weighted by Crippen LogP contribution is -2.58. The van der Waals surface area contributed by atoms with Gasteiger partial charge in [0.2, 0.25) is 5.78 Å². The minimum absolute atomic E-state index is 0.00573. The van der Waals surface area contributed by atoms with Gasteiger partial charge in [0.15, 0.2) is 30.4 Å². The molecule has 16 nitrogen and oxygen atoms in total. The molecule has 2 aromatic rings. The van der Waals surface area contributed by atoms with E-state index in [0.29, 0.717) is 6.42 Å². The fourth-order valence-electron chi connectivity index (χ4n) is 9.24. The van der Waals surface area contributed by atoms with Crippen molar-refractivity contribution in [2.24, 2.45) is 5.92 Å². The SMILES string of the molecule is CC[C@@]1(O)C[C@H](OC2CC(N(C)C)C(OC3CC(O)C(OC4CC(C)C(=O)CO4)C(C)O3)C(C)O2)c2c(cc3c(c2O)C(=O)c2c(O)cccc2C3=O)[C@H]1C(=O)OC. The third kappa shape index (κ3) is 7.47. The van der Waals surface area contributed by atoms with Crippen molar-refractivity contribution in [2.45, 2.75) is 133 Å². The maximum absolute atomic E-state index is 13.9. The number of carbonyl (C=O) groups is 4. The van der Waals surface area contributed by atoms with E-state index in [-0.39, 0.29) is 83.4 Å². The molecule has 58 heavy (non-hydrogen) atoms. The molecule has 7 rings (SSSR count). The predicted octanol–water partition coefficient (Wildman–Crippen LogP) is 3.02. The number of nitrogens with zero attached hydrogens (tertiary/aromatic N) is 1. The number of aromatic hydroxyl groups is 2. The van der Waals surface area contributed by atoms with E-state index in [9.17, 15) is 39.6 Å². The van der Waals surface area contributed by atoms with Crippen LogP contribution in [0.15, 0.2) is 24.3 Å². The molecule has 0 spiro atoms. The minimum Gasteiger partial charge on any atom is -0.507 e. The summed E-state index contributed by atoms with van der Waals surface area (Å²) in [7, 11) is 4.91. The van der Waals surface area contributed by atoms with E-state index >= 15 is 0 Å². The predicted molar refractivity (Wildman–Crippen MR) is 201 cm³/mol. The number of aliphatic hydroxyl groups is 2. The van der Waals surface area contributed by atoms with Crippen molar-refractivity contribution in [3.8, 4) is 11.5 Å². The summed E-state index contributed by atoms with van der Waals surface area (Å²) in [5.41, 5.74) is -2.49. The summed E-state index contributed by atoms with van der Waals surface area (Å²) in [5, 5.41) is 45.9. The number of phenols is 2. The van der Waals surface area contributed by atoms with Crippen molar-refractivity contribution in [1.29, 1.82) is 0 Å². The molecule has 10 unspecified atom stereocenters. The Morgan fingerprint density at radius 1 is 0.897 bits per heavy atom. The Morgan fingerprint density at radius 2 is 1.57 bits per heavy atom. The number of hydrogen-bond donors (Lipinski definition) is 4. The summed E-state index contributed by atoms with van der Waals surface area (Å²) in [6.07, 6.45) is -6.39. The number of esters is 1. The third-order valence-corrected chi connectivity index (χ3v) is 12.5. The van der Waals surface area contributed by atoms with E-state index in [1.165, 1.54) is 31.4 Å². The van der Waals surface area contributed by atoms with Gasteiger partial charge in [0.25, 0.3) is 0 Å². The molecule has 13 atom stereocenters. The number of likely N-dealkylation sites (N-methyl/N-ethyl adjacent to an activating group) is 1. The number of aliphatic hydroxyl groups excluding tert-OH is 1. The Balaban J connectivity index is 1.13. The second-order valence-electron chi connectivity index (χ2n) is 16.4. The Hall–Kier alpha value is -3.84. The molecule has 5 aliphatic rings. The van der Waals surface area contributed by atoms with Gasteiger partial charge in [-0.15, -0.1) is 0 Å². The van der Waals surface area contributed by atoms with Crippen molar-refractivity contribution in [3.05, 3.63) is 57.6 Å². The average Bonchev–Trinajstić information content (AvgIpc) is 3.17. The van der Waals surface area contributed by atoms with Gasteiger partial charge in [0, 0.05) is 54.3 Å². The molecule has 3 heterocycles. The highest BCUT2D eigenvalue weighted by molar-refractivity contribution is 6.30. The van der Waals surface area contributed by atoms with Crippen LogP contribution < -0.4 is 0 Å². The quantitative estimate of drug-likeness (QED) is 0.229. The Bertz CT molecular complexity index is 1940. The summed E-state index contributed by atoms with van der Waals surface area (Å²) in [6.45, 7) is 7.05. The second kappa shape index (κ2) is 16.3. The zero-order chi connectivity index (χ0) is 42.0. The van der Waals surface area contributed by atoms with E-state index in [1.54, 1.807) is 20.8 Å². The molecule has 2 aliphatic carbocycles. The van der Waals surface area contributed by atoms with Gasteiger partial charge in [0.1, 0.15) is 36.2 Å². The van der Waals surface area contributed by atoms with E-state index in [4.69, 9.17) is 33.2 Å². The van der Waals surface area contributed by atoms with E-state index in [1.807, 2.05) is 25.9 Å². The van der Waals surface area contributed by atoms with Crippen LogP contribution in [-0.4, -0.2) is 137 Å². The highest BCUT2D eigenvalue weighted by Crippen LogP contribution is 2.54. The number of rotatable bonds is 9. The monoisotopic (exact) mass is 811 g/mol. The first-order valence-electron chi connectivity index (χ1n) is 19.8. The van der Waals surface area contributed by atoms with E-state index in [0.717, 1.165) is 0 Å². The number of hydrogen-bond acceptors (Lipinski definition) is 16. The molecule has 4 N–H and O–H groups in total. The van der Waals surface area contributed by atoms with Crippen molar-refractivity contribution >= 4 is 23.3 Å². The lowest BCUT2D eigenvalue weighted by atomic mass is 9.67. The summed E-state index contributed by atoms with van der Waals surface area (Å²) < 4.78 is 42.5. The largest absolute Gasteiger partial charge is 0.507 e. The summed E-state index contributed by atoms with van der Waals surface area (Å²) >= 11 is 0. The lowest BCUT2D eigenvalue weighted by Gasteiger charge is -2.48. The Kier molecular flexibility index (Phi) is 11.9. The molecule has 0 aromatic heterocycles. The van der Waals surface area contributed by atoms with Crippen LogP contribution in [0.25, 0.3) is 0 Å². The fraction of sp³-hybridized carbons (Fsp3) is 0.619. The Labute approximate surface area is 336 Å². The zero-order valence-corrected chi connectivity index (χ0v) is 33.7. The minimum atomic E-state index is -1.76. The normalized spacial score (nSPS) is 36.3. The highest BCUT2D eigenvalue weighted by atomic mass is 16.7. The van der Waals surface area contributed by atoms with Gasteiger partial charge < -0.3 is 58.5 Å². The van der Waals surface area contributed by atoms with Gasteiger partial charge in [0.05, 0.1) is 48.3 Å². The topological polar surface area (TPSA) is 217 Å². The van der Waals surface area contributed by atoms with Crippen molar-refractivity contribution in [3.63, 3.8) is 0 Å². The fourth-order valence-corrected chi connectivity index (χ4v) is 9.24. The van der Waals surface area contributed by atoms with Gasteiger partial charge in [-0.3, -0.25) is 19.2 Å². The number of ketones is 3. The van der Waals surface area contributed by atoms with Gasteiger partial charge in [-0.1, -0.05) is 26.0 Å². The smallest absolute Gasteiger partial charge is 0.316 e. The van der Waals surface area contributed by atoms with Crippen LogP contribution in [0.3, 0.4) is 0 Å². The van der Waals surface area contributed by atoms with Crippen molar-refractivity contribution < 1.29 is 72.8 Å². The zero-order valence-electron chi connectivity index (χ0n) is 33.7. The van der Waals surface area contributed by atoms with Crippen LogP contribution >= 0.6 is 0 Å². The molecule has 316 valence electrons. The lowest BCUT2D eigenvalue weighted by molar-refractivity contribution is -0.323. The molecular weight excluding hydrogens is 758 g/mol. The molecule has 16 heteroatoms. The van der Waals surface area contributed by atoms with Gasteiger partial charge in [-0.05, 0) is 52.1 Å². The first kappa shape index (κ1) is 42.3.